The zero-order valence-electron chi connectivity index (χ0n) is 16.4. The van der Waals surface area contributed by atoms with Crippen molar-refractivity contribution in [3.05, 3.63) is 99.8 Å². The highest BCUT2D eigenvalue weighted by Gasteiger charge is 2.55. The molecule has 0 aliphatic carbocycles. The Morgan fingerprint density at radius 1 is 0.903 bits per heavy atom. The summed E-state index contributed by atoms with van der Waals surface area (Å²) in [5.74, 6) is -0.753. The molecule has 2 atom stereocenters. The van der Waals surface area contributed by atoms with Crippen molar-refractivity contribution in [2.24, 2.45) is 0 Å². The monoisotopic (exact) mass is 456 g/mol. The van der Waals surface area contributed by atoms with Crippen LogP contribution in [0.5, 0.6) is 0 Å². The van der Waals surface area contributed by atoms with Crippen LogP contribution in [0.1, 0.15) is 30.0 Å². The van der Waals surface area contributed by atoms with Gasteiger partial charge in [0.25, 0.3) is 0 Å². The highest BCUT2D eigenvalue weighted by Crippen LogP contribution is 2.51. The van der Waals surface area contributed by atoms with Gasteiger partial charge in [-0.05, 0) is 53.9 Å². The molecule has 0 bridgehead atoms. The number of fused-ring (bicyclic) bond motifs is 2. The average molecular weight is 457 g/mol. The minimum atomic E-state index is -0.957. The van der Waals surface area contributed by atoms with E-state index in [0.717, 1.165) is 10.6 Å². The predicted octanol–water partition coefficient (Wildman–Crippen LogP) is 5.66. The van der Waals surface area contributed by atoms with Gasteiger partial charge in [0.05, 0.1) is 6.04 Å². The summed E-state index contributed by atoms with van der Waals surface area (Å²) in [5.41, 5.74) is 1.04. The average Bonchev–Trinajstić information content (AvgIpc) is 3.02. The van der Waals surface area contributed by atoms with Crippen molar-refractivity contribution in [1.29, 1.82) is 0 Å². The second kappa shape index (κ2) is 8.69. The van der Waals surface area contributed by atoms with Gasteiger partial charge in [-0.2, -0.15) is 0 Å². The molecule has 1 spiro atoms. The summed E-state index contributed by atoms with van der Waals surface area (Å²) >= 11 is 11.6. The van der Waals surface area contributed by atoms with Crippen LogP contribution in [-0.4, -0.2) is 11.8 Å². The largest absolute Gasteiger partial charge is 0.348 e. The number of rotatable bonds is 1. The lowest BCUT2D eigenvalue weighted by atomic mass is 9.67. The first-order valence-electron chi connectivity index (χ1n) is 9.77. The van der Waals surface area contributed by atoms with E-state index < -0.39 is 17.3 Å². The molecule has 3 aromatic rings. The van der Waals surface area contributed by atoms with E-state index in [-0.39, 0.29) is 18.2 Å². The van der Waals surface area contributed by atoms with Crippen molar-refractivity contribution < 1.29 is 14.0 Å². The van der Waals surface area contributed by atoms with Crippen LogP contribution in [0.15, 0.2) is 72.8 Å². The van der Waals surface area contributed by atoms with Gasteiger partial charge >= 0.3 is 0 Å². The van der Waals surface area contributed by atoms with E-state index in [2.05, 4.69) is 10.6 Å². The first-order chi connectivity index (χ1) is 14.9. The van der Waals surface area contributed by atoms with Crippen molar-refractivity contribution in [1.82, 2.24) is 5.32 Å². The van der Waals surface area contributed by atoms with Crippen LogP contribution < -0.4 is 10.6 Å². The molecule has 2 N–H and O–H groups in total. The topological polar surface area (TPSA) is 58.2 Å². The predicted molar refractivity (Wildman–Crippen MR) is 120 cm³/mol. The van der Waals surface area contributed by atoms with E-state index in [1.807, 2.05) is 30.3 Å². The van der Waals surface area contributed by atoms with Gasteiger partial charge in [-0.15, -0.1) is 0 Å². The maximum atomic E-state index is 13.7. The van der Waals surface area contributed by atoms with Crippen molar-refractivity contribution in [3.63, 3.8) is 0 Å². The molecule has 0 radical (unpaired) electrons. The summed E-state index contributed by atoms with van der Waals surface area (Å²) in [5, 5.41) is 7.05. The number of halogens is 3. The fraction of sp³-hybridized carbons (Fsp3) is 0.167. The number of amides is 2. The molecule has 1 fully saturated rings. The molecule has 0 saturated carbocycles. The SMILES string of the molecule is Clc1ccccc1.O=C1CC[C@]2(C(=O)Nc3cc(Cl)ccc32)[C@@H](c2cccc(F)c2)N1. The summed E-state index contributed by atoms with van der Waals surface area (Å²) in [4.78, 5) is 24.9. The Bertz CT molecular complexity index is 1140. The van der Waals surface area contributed by atoms with E-state index in [1.165, 1.54) is 12.1 Å². The smallest absolute Gasteiger partial charge is 0.237 e. The van der Waals surface area contributed by atoms with E-state index >= 15 is 0 Å². The van der Waals surface area contributed by atoms with E-state index in [4.69, 9.17) is 23.2 Å². The van der Waals surface area contributed by atoms with E-state index in [0.29, 0.717) is 22.7 Å². The maximum Gasteiger partial charge on any atom is 0.237 e. The van der Waals surface area contributed by atoms with Gasteiger partial charge in [0.2, 0.25) is 11.8 Å². The fourth-order valence-corrected chi connectivity index (χ4v) is 4.50. The van der Waals surface area contributed by atoms with Crippen molar-refractivity contribution >= 4 is 40.7 Å². The number of nitrogens with one attached hydrogen (secondary N) is 2. The van der Waals surface area contributed by atoms with Crippen LogP contribution >= 0.6 is 23.2 Å². The molecule has 158 valence electrons. The van der Waals surface area contributed by atoms with Gasteiger partial charge in [-0.25, -0.2) is 4.39 Å². The number of hydrogen-bond donors (Lipinski definition) is 2. The molecule has 4 nitrogen and oxygen atoms in total. The number of benzene rings is 3. The Kier molecular flexibility index (Phi) is 5.99. The van der Waals surface area contributed by atoms with Crippen LogP contribution in [0.2, 0.25) is 10.0 Å². The third-order valence-electron chi connectivity index (χ3n) is 5.58. The molecule has 3 aromatic carbocycles. The zero-order chi connectivity index (χ0) is 22.0. The van der Waals surface area contributed by atoms with Gasteiger partial charge in [0, 0.05) is 22.2 Å². The van der Waals surface area contributed by atoms with Crippen LogP contribution in [0.25, 0.3) is 0 Å². The molecule has 2 aliphatic heterocycles. The third kappa shape index (κ3) is 4.16. The third-order valence-corrected chi connectivity index (χ3v) is 6.06. The van der Waals surface area contributed by atoms with E-state index in [9.17, 15) is 14.0 Å². The number of hydrogen-bond acceptors (Lipinski definition) is 2. The second-order valence-electron chi connectivity index (χ2n) is 7.47. The Morgan fingerprint density at radius 3 is 2.35 bits per heavy atom. The van der Waals surface area contributed by atoms with Gasteiger partial charge in [-0.1, -0.05) is 59.6 Å². The summed E-state index contributed by atoms with van der Waals surface area (Å²) in [7, 11) is 0. The molecule has 7 heteroatoms. The summed E-state index contributed by atoms with van der Waals surface area (Å²) in [6, 6.07) is 20.0. The summed E-state index contributed by atoms with van der Waals surface area (Å²) in [6.45, 7) is 0. The molecule has 31 heavy (non-hydrogen) atoms. The Morgan fingerprint density at radius 2 is 1.68 bits per heavy atom. The minimum Gasteiger partial charge on any atom is -0.348 e. The lowest BCUT2D eigenvalue weighted by Crippen LogP contribution is -2.52. The lowest BCUT2D eigenvalue weighted by Gasteiger charge is -2.40. The molecule has 2 amide bonds. The fourth-order valence-electron chi connectivity index (χ4n) is 4.18. The zero-order valence-corrected chi connectivity index (χ0v) is 17.9. The molecule has 0 aromatic heterocycles. The van der Waals surface area contributed by atoms with Crippen molar-refractivity contribution in [3.8, 4) is 0 Å². The van der Waals surface area contributed by atoms with Gasteiger partial charge < -0.3 is 10.6 Å². The Labute approximate surface area is 189 Å². The quantitative estimate of drug-likeness (QED) is 0.496. The van der Waals surface area contributed by atoms with Crippen LogP contribution in [0.4, 0.5) is 10.1 Å². The standard InChI is InChI=1S/C18H14ClFN2O2.C6H5Cl/c19-11-4-5-13-14(9-11)21-17(24)18(13)7-6-15(23)22-16(18)10-2-1-3-12(20)8-10;7-6-4-2-1-3-5-6/h1-5,8-9,16H,6-7H2,(H,21,24)(H,22,23);1-5H/t16-,18-;/m1./s1. The van der Waals surface area contributed by atoms with Crippen LogP contribution in [0, 0.1) is 5.82 Å². The first-order valence-corrected chi connectivity index (χ1v) is 10.5. The highest BCUT2D eigenvalue weighted by atomic mass is 35.5. The summed E-state index contributed by atoms with van der Waals surface area (Å²) < 4.78 is 13.7. The molecule has 0 unspecified atom stereocenters. The Balaban J connectivity index is 0.000000282. The minimum absolute atomic E-state index is 0.148. The number of carbonyl (C=O) groups excluding carboxylic acids is 2. The second-order valence-corrected chi connectivity index (χ2v) is 8.34. The normalized spacial score (nSPS) is 21.6. The van der Waals surface area contributed by atoms with Gasteiger partial charge in [0.15, 0.2) is 0 Å². The lowest BCUT2D eigenvalue weighted by molar-refractivity contribution is -0.130. The van der Waals surface area contributed by atoms with Crippen molar-refractivity contribution in [2.45, 2.75) is 24.3 Å². The highest BCUT2D eigenvalue weighted by molar-refractivity contribution is 6.31. The molecular formula is C24H19Cl2FN2O2. The molecular weight excluding hydrogens is 438 g/mol. The van der Waals surface area contributed by atoms with Crippen molar-refractivity contribution in [2.75, 3.05) is 5.32 Å². The molecule has 1 saturated heterocycles. The number of piperidine rings is 1. The van der Waals surface area contributed by atoms with Crippen LogP contribution in [0.3, 0.4) is 0 Å². The summed E-state index contributed by atoms with van der Waals surface area (Å²) in [6.07, 6.45) is 0.599. The van der Waals surface area contributed by atoms with Gasteiger partial charge in [-0.3, -0.25) is 9.59 Å². The number of carbonyl (C=O) groups is 2. The molecule has 5 rings (SSSR count). The van der Waals surface area contributed by atoms with Gasteiger partial charge in [0.1, 0.15) is 11.2 Å². The molecule has 2 aliphatic rings. The number of anilines is 1. The van der Waals surface area contributed by atoms with Crippen LogP contribution in [-0.2, 0) is 15.0 Å². The molecule has 2 heterocycles. The maximum absolute atomic E-state index is 13.7. The Hall–Kier alpha value is -2.89. The van der Waals surface area contributed by atoms with E-state index in [1.54, 1.807) is 30.3 Å². The first kappa shape index (κ1) is 21.3.